The first-order chi connectivity index (χ1) is 17.2. The molecule has 36 heavy (non-hydrogen) atoms. The largest absolute Gasteiger partial charge is 0.417 e. The minimum atomic E-state index is -4.45. The zero-order chi connectivity index (χ0) is 25.4. The van der Waals surface area contributed by atoms with E-state index in [1.165, 1.54) is 12.1 Å². The van der Waals surface area contributed by atoms with Crippen LogP contribution in [0.1, 0.15) is 28.0 Å². The number of nitrogens with zero attached hydrogens (tertiary/aromatic N) is 5. The number of anilines is 1. The lowest BCUT2D eigenvalue weighted by atomic mass is 10.0. The first kappa shape index (κ1) is 23.7. The summed E-state index contributed by atoms with van der Waals surface area (Å²) in [5.41, 5.74) is 0.615. The Morgan fingerprint density at radius 2 is 1.86 bits per heavy atom. The third-order valence-corrected chi connectivity index (χ3v) is 6.18. The summed E-state index contributed by atoms with van der Waals surface area (Å²) >= 11 is 0. The van der Waals surface area contributed by atoms with Crippen molar-refractivity contribution < 1.29 is 26.9 Å². The predicted molar refractivity (Wildman–Crippen MR) is 124 cm³/mol. The number of halogens is 4. The molecule has 3 aromatic heterocycles. The monoisotopic (exact) mass is 499 g/mol. The summed E-state index contributed by atoms with van der Waals surface area (Å²) in [5, 5.41) is 4.40. The van der Waals surface area contributed by atoms with E-state index >= 15 is 0 Å². The van der Waals surface area contributed by atoms with Crippen molar-refractivity contribution in [3.8, 4) is 11.3 Å². The van der Waals surface area contributed by atoms with Crippen molar-refractivity contribution in [3.05, 3.63) is 71.3 Å². The third kappa shape index (κ3) is 4.48. The number of carbonyl (C=O) groups excluding carboxylic acids is 1. The summed E-state index contributed by atoms with van der Waals surface area (Å²) in [5.74, 6) is -0.345. The molecule has 4 heterocycles. The zero-order valence-corrected chi connectivity index (χ0v) is 19.2. The van der Waals surface area contributed by atoms with Crippen LogP contribution in [0.25, 0.3) is 22.4 Å². The van der Waals surface area contributed by atoms with E-state index < -0.39 is 17.6 Å². The fraction of sp³-hybridized carbons (Fsp3) is 0.280. The van der Waals surface area contributed by atoms with E-state index in [4.69, 9.17) is 4.52 Å². The summed E-state index contributed by atoms with van der Waals surface area (Å²) in [6, 6.07) is 10.0. The Morgan fingerprint density at radius 1 is 1.06 bits per heavy atom. The van der Waals surface area contributed by atoms with Gasteiger partial charge in [0.1, 0.15) is 11.6 Å². The lowest BCUT2D eigenvalue weighted by Gasteiger charge is -2.23. The van der Waals surface area contributed by atoms with Gasteiger partial charge >= 0.3 is 6.18 Å². The Kier molecular flexibility index (Phi) is 6.07. The van der Waals surface area contributed by atoms with Crippen LogP contribution >= 0.6 is 0 Å². The average molecular weight is 499 g/mol. The quantitative estimate of drug-likeness (QED) is 0.365. The van der Waals surface area contributed by atoms with E-state index in [0.717, 1.165) is 12.3 Å². The molecule has 0 spiro atoms. The van der Waals surface area contributed by atoms with Gasteiger partial charge in [-0.25, -0.2) is 14.4 Å². The fourth-order valence-corrected chi connectivity index (χ4v) is 4.33. The molecular weight excluding hydrogens is 478 g/mol. The molecule has 1 aliphatic heterocycles. The standard InChI is InChI=1S/C25H21F4N5O2/c1-15-22-18(13-20(31-23(22)36-32-15)17-5-2-3-6-19(17)26)24(35)34-10-4-9-33(11-12-34)21-8-7-16(14-30-21)25(27,28)29/h2-3,5-8,13-14H,4,9-12H2,1H3. The summed E-state index contributed by atoms with van der Waals surface area (Å²) < 4.78 is 58.4. The highest BCUT2D eigenvalue weighted by molar-refractivity contribution is 6.07. The van der Waals surface area contributed by atoms with E-state index in [9.17, 15) is 22.4 Å². The van der Waals surface area contributed by atoms with Crippen LogP contribution in [0.4, 0.5) is 23.4 Å². The second kappa shape index (κ2) is 9.21. The number of carbonyl (C=O) groups is 1. The van der Waals surface area contributed by atoms with Gasteiger partial charge in [-0.05, 0) is 43.7 Å². The molecule has 0 saturated carbocycles. The molecule has 1 fully saturated rings. The van der Waals surface area contributed by atoms with Crippen molar-refractivity contribution >= 4 is 22.8 Å². The van der Waals surface area contributed by atoms with Crippen molar-refractivity contribution in [1.29, 1.82) is 0 Å². The van der Waals surface area contributed by atoms with E-state index in [2.05, 4.69) is 15.1 Å². The molecule has 0 bridgehead atoms. The number of aromatic nitrogens is 3. The van der Waals surface area contributed by atoms with Crippen molar-refractivity contribution in [3.63, 3.8) is 0 Å². The Bertz CT molecular complexity index is 1420. The summed E-state index contributed by atoms with van der Waals surface area (Å²) in [7, 11) is 0. The number of hydrogen-bond donors (Lipinski definition) is 0. The smallest absolute Gasteiger partial charge is 0.355 e. The van der Waals surface area contributed by atoms with Crippen molar-refractivity contribution in [1.82, 2.24) is 20.0 Å². The molecule has 1 amide bonds. The molecule has 4 aromatic rings. The fourth-order valence-electron chi connectivity index (χ4n) is 4.33. The number of rotatable bonds is 3. The third-order valence-electron chi connectivity index (χ3n) is 6.18. The Labute approximate surface area is 203 Å². The topological polar surface area (TPSA) is 75.4 Å². The summed E-state index contributed by atoms with van der Waals surface area (Å²) in [6.07, 6.45) is -3.05. The molecule has 0 unspecified atom stereocenters. The van der Waals surface area contributed by atoms with Gasteiger partial charge in [-0.3, -0.25) is 4.79 Å². The lowest BCUT2D eigenvalue weighted by Crippen LogP contribution is -2.35. The van der Waals surface area contributed by atoms with Gasteiger partial charge in [0.2, 0.25) is 0 Å². The molecule has 5 rings (SSSR count). The summed E-state index contributed by atoms with van der Waals surface area (Å²) in [4.78, 5) is 25.5. The zero-order valence-electron chi connectivity index (χ0n) is 19.2. The normalized spacial score (nSPS) is 14.8. The average Bonchev–Trinajstić information content (AvgIpc) is 3.07. The maximum atomic E-state index is 14.5. The van der Waals surface area contributed by atoms with E-state index in [1.807, 2.05) is 4.90 Å². The highest BCUT2D eigenvalue weighted by atomic mass is 19.4. The van der Waals surface area contributed by atoms with Gasteiger partial charge in [-0.1, -0.05) is 17.3 Å². The molecule has 11 heteroatoms. The molecule has 7 nitrogen and oxygen atoms in total. The highest BCUT2D eigenvalue weighted by Crippen LogP contribution is 2.31. The van der Waals surface area contributed by atoms with Crippen molar-refractivity contribution in [2.75, 3.05) is 31.1 Å². The highest BCUT2D eigenvalue weighted by Gasteiger charge is 2.31. The first-order valence-corrected chi connectivity index (χ1v) is 11.3. The molecular formula is C25H21F4N5O2. The number of alkyl halides is 3. The number of fused-ring (bicyclic) bond motifs is 1. The maximum Gasteiger partial charge on any atom is 0.417 e. The van der Waals surface area contributed by atoms with E-state index in [0.29, 0.717) is 55.1 Å². The van der Waals surface area contributed by atoms with Crippen LogP contribution in [-0.2, 0) is 6.18 Å². The van der Waals surface area contributed by atoms with Gasteiger partial charge in [0.25, 0.3) is 11.6 Å². The van der Waals surface area contributed by atoms with Crippen LogP contribution in [-0.4, -0.2) is 52.1 Å². The predicted octanol–water partition coefficient (Wildman–Crippen LogP) is 5.10. The molecule has 0 N–H and O–H groups in total. The minimum Gasteiger partial charge on any atom is -0.355 e. The molecule has 1 aromatic carbocycles. The van der Waals surface area contributed by atoms with Gasteiger partial charge in [0.05, 0.1) is 27.9 Å². The van der Waals surface area contributed by atoms with Crippen LogP contribution in [0.5, 0.6) is 0 Å². The molecule has 186 valence electrons. The molecule has 0 atom stereocenters. The summed E-state index contributed by atoms with van der Waals surface area (Å²) in [6.45, 7) is 3.37. The van der Waals surface area contributed by atoms with Gasteiger partial charge in [0, 0.05) is 37.9 Å². The second-order valence-corrected chi connectivity index (χ2v) is 8.52. The number of benzene rings is 1. The maximum absolute atomic E-state index is 14.5. The van der Waals surface area contributed by atoms with Crippen molar-refractivity contribution in [2.24, 2.45) is 0 Å². The van der Waals surface area contributed by atoms with Crippen LogP contribution in [0.2, 0.25) is 0 Å². The van der Waals surface area contributed by atoms with Gasteiger partial charge in [0.15, 0.2) is 0 Å². The molecule has 1 saturated heterocycles. The minimum absolute atomic E-state index is 0.141. The Morgan fingerprint density at radius 3 is 2.58 bits per heavy atom. The number of pyridine rings is 2. The second-order valence-electron chi connectivity index (χ2n) is 8.52. The number of amides is 1. The lowest BCUT2D eigenvalue weighted by molar-refractivity contribution is -0.137. The molecule has 0 radical (unpaired) electrons. The van der Waals surface area contributed by atoms with Gasteiger partial charge in [-0.15, -0.1) is 0 Å². The number of aryl methyl sites for hydroxylation is 1. The first-order valence-electron chi connectivity index (χ1n) is 11.3. The van der Waals surface area contributed by atoms with Gasteiger partial charge < -0.3 is 14.3 Å². The van der Waals surface area contributed by atoms with Crippen LogP contribution in [0.3, 0.4) is 0 Å². The van der Waals surface area contributed by atoms with Crippen LogP contribution < -0.4 is 4.90 Å². The SMILES string of the molecule is Cc1noc2nc(-c3ccccc3F)cc(C(=O)N3CCCN(c4ccc(C(F)(F)F)cn4)CC3)c12. The Hall–Kier alpha value is -4.02. The van der Waals surface area contributed by atoms with E-state index in [-0.39, 0.29) is 22.9 Å². The molecule has 1 aliphatic rings. The number of hydrogen-bond acceptors (Lipinski definition) is 6. The van der Waals surface area contributed by atoms with Gasteiger partial charge in [-0.2, -0.15) is 13.2 Å². The van der Waals surface area contributed by atoms with Crippen LogP contribution in [0, 0.1) is 12.7 Å². The van der Waals surface area contributed by atoms with Crippen molar-refractivity contribution in [2.45, 2.75) is 19.5 Å². The van der Waals surface area contributed by atoms with E-state index in [1.54, 1.807) is 36.1 Å². The molecule has 0 aliphatic carbocycles. The van der Waals surface area contributed by atoms with Crippen LogP contribution in [0.15, 0.2) is 53.2 Å². The Balaban J connectivity index is 1.42.